The van der Waals surface area contributed by atoms with Gasteiger partial charge in [-0.3, -0.25) is 9.59 Å². The highest BCUT2D eigenvalue weighted by Crippen LogP contribution is 2.23. The van der Waals surface area contributed by atoms with Crippen LogP contribution in [0, 0.1) is 0 Å². The molecule has 0 saturated carbocycles. The van der Waals surface area contributed by atoms with Crippen molar-refractivity contribution in [1.29, 1.82) is 0 Å². The number of carbonyl (C=O) groups excluding carboxylic acids is 1. The summed E-state index contributed by atoms with van der Waals surface area (Å²) in [4.78, 5) is 24.6. The van der Waals surface area contributed by atoms with Gasteiger partial charge in [0.1, 0.15) is 0 Å². The van der Waals surface area contributed by atoms with Crippen molar-refractivity contribution in [2.75, 3.05) is 6.54 Å². The molecule has 1 heterocycles. The lowest BCUT2D eigenvalue weighted by molar-refractivity contribution is -0.137. The number of benzene rings is 1. The molecule has 1 unspecified atom stereocenters. The van der Waals surface area contributed by atoms with Crippen molar-refractivity contribution in [3.63, 3.8) is 0 Å². The summed E-state index contributed by atoms with van der Waals surface area (Å²) in [5.74, 6) is -0.588. The minimum atomic E-state index is -0.949. The van der Waals surface area contributed by atoms with Crippen LogP contribution in [0.1, 0.15) is 57.4 Å². The van der Waals surface area contributed by atoms with E-state index in [2.05, 4.69) is 0 Å². The number of carbonyl (C=O) groups is 2. The summed E-state index contributed by atoms with van der Waals surface area (Å²) in [5.41, 5.74) is 0.128. The highest BCUT2D eigenvalue weighted by Gasteiger charge is 2.29. The van der Waals surface area contributed by atoms with Gasteiger partial charge in [0, 0.05) is 25.8 Å². The fraction of sp³-hybridized carbons (Fsp3) is 0.545. The molecule has 0 spiro atoms. The van der Waals surface area contributed by atoms with Crippen LogP contribution < -0.4 is 0 Å². The molecule has 1 aliphatic rings. The Hall–Kier alpha value is -2.14. The first-order chi connectivity index (χ1) is 12.9. The molecule has 27 heavy (non-hydrogen) atoms. The maximum atomic E-state index is 12.2. The van der Waals surface area contributed by atoms with Gasteiger partial charge in [0.05, 0.1) is 11.6 Å². The zero-order chi connectivity index (χ0) is 19.7. The quantitative estimate of drug-likeness (QED) is 0.459. The minimum Gasteiger partial charge on any atom is -0.481 e. The second-order valence-electron chi connectivity index (χ2n) is 7.63. The van der Waals surface area contributed by atoms with Gasteiger partial charge in [-0.05, 0) is 31.7 Å². The van der Waals surface area contributed by atoms with E-state index in [1.165, 1.54) is 0 Å². The van der Waals surface area contributed by atoms with E-state index in [0.717, 1.165) is 31.2 Å². The molecular formula is C22H31NO4. The van der Waals surface area contributed by atoms with Gasteiger partial charge in [-0.25, -0.2) is 0 Å². The van der Waals surface area contributed by atoms with Crippen molar-refractivity contribution in [3.8, 4) is 0 Å². The number of aliphatic carboxylic acids is 1. The Morgan fingerprint density at radius 2 is 1.93 bits per heavy atom. The molecule has 148 valence electrons. The second kappa shape index (κ2) is 10.3. The maximum Gasteiger partial charge on any atom is 0.303 e. The third-order valence-electron chi connectivity index (χ3n) is 5.00. The van der Waals surface area contributed by atoms with Crippen LogP contribution in [0.5, 0.6) is 0 Å². The van der Waals surface area contributed by atoms with Gasteiger partial charge < -0.3 is 15.1 Å². The number of rotatable bonds is 11. The molecule has 1 saturated heterocycles. The molecule has 0 aromatic heterocycles. The Bertz CT molecular complexity index is 639. The Kier molecular flexibility index (Phi) is 8.04. The summed E-state index contributed by atoms with van der Waals surface area (Å²) in [6.45, 7) is 2.49. The van der Waals surface area contributed by atoms with Crippen molar-refractivity contribution in [2.24, 2.45) is 0 Å². The van der Waals surface area contributed by atoms with E-state index in [0.29, 0.717) is 25.8 Å². The van der Waals surface area contributed by atoms with Crippen LogP contribution in [0.2, 0.25) is 0 Å². The molecule has 5 heteroatoms. The van der Waals surface area contributed by atoms with Gasteiger partial charge in [-0.15, -0.1) is 0 Å². The van der Waals surface area contributed by atoms with Crippen LogP contribution in [0.15, 0.2) is 42.5 Å². The molecule has 2 atom stereocenters. The zero-order valence-corrected chi connectivity index (χ0v) is 16.1. The first-order valence-corrected chi connectivity index (χ1v) is 9.84. The first kappa shape index (κ1) is 21.2. The molecule has 5 nitrogen and oxygen atoms in total. The summed E-state index contributed by atoms with van der Waals surface area (Å²) < 4.78 is 0. The number of carboxylic acid groups (broad SMARTS) is 1. The molecule has 2 rings (SSSR count). The van der Waals surface area contributed by atoms with E-state index in [9.17, 15) is 14.7 Å². The van der Waals surface area contributed by atoms with E-state index in [4.69, 9.17) is 5.11 Å². The molecule has 1 amide bonds. The molecule has 0 bridgehead atoms. The van der Waals surface area contributed by atoms with Crippen LogP contribution in [-0.2, 0) is 16.0 Å². The number of amides is 1. The number of unbranched alkanes of at least 4 members (excludes halogenated alkanes) is 3. The molecule has 0 radical (unpaired) electrons. The molecule has 1 aromatic carbocycles. The monoisotopic (exact) mass is 373 g/mol. The summed E-state index contributed by atoms with van der Waals surface area (Å²) in [5, 5.41) is 19.3. The molecule has 1 fully saturated rings. The predicted molar refractivity (Wildman–Crippen MR) is 105 cm³/mol. The van der Waals surface area contributed by atoms with Crippen LogP contribution in [0.25, 0.3) is 0 Å². The van der Waals surface area contributed by atoms with Gasteiger partial charge in [-0.2, -0.15) is 0 Å². The lowest BCUT2D eigenvalue weighted by atomic mass is 9.95. The van der Waals surface area contributed by atoms with Crippen LogP contribution in [0.4, 0.5) is 0 Å². The first-order valence-electron chi connectivity index (χ1n) is 9.84. The lowest BCUT2D eigenvalue weighted by Crippen LogP contribution is -2.33. The normalized spacial score (nSPS) is 19.6. The maximum absolute atomic E-state index is 12.2. The van der Waals surface area contributed by atoms with Crippen molar-refractivity contribution in [3.05, 3.63) is 48.0 Å². The standard InChI is InChI=1S/C22H31NO4/c1-22(27,17-18-9-5-4-6-10-18)15-14-19-12-13-20(24)23(19)16-8-3-2-7-11-21(25)26/h4-6,9-10,14-15,19,27H,2-3,7-8,11-13,16-17H2,1H3,(H,25,26)/t19-,22?/m1/s1. The van der Waals surface area contributed by atoms with E-state index in [-0.39, 0.29) is 18.4 Å². The average Bonchev–Trinajstić information content (AvgIpc) is 2.96. The van der Waals surface area contributed by atoms with Crippen LogP contribution in [0.3, 0.4) is 0 Å². The van der Waals surface area contributed by atoms with Crippen molar-refractivity contribution >= 4 is 11.9 Å². The molecule has 1 aliphatic heterocycles. The zero-order valence-electron chi connectivity index (χ0n) is 16.1. The number of hydrogen-bond donors (Lipinski definition) is 2. The number of hydrogen-bond acceptors (Lipinski definition) is 3. The molecular weight excluding hydrogens is 342 g/mol. The average molecular weight is 373 g/mol. The van der Waals surface area contributed by atoms with Gasteiger partial charge in [0.15, 0.2) is 0 Å². The van der Waals surface area contributed by atoms with E-state index in [1.54, 1.807) is 6.92 Å². The minimum absolute atomic E-state index is 0.0405. The van der Waals surface area contributed by atoms with Crippen LogP contribution >= 0.6 is 0 Å². The van der Waals surface area contributed by atoms with Gasteiger partial charge in [0.25, 0.3) is 0 Å². The third-order valence-corrected chi connectivity index (χ3v) is 5.00. The van der Waals surface area contributed by atoms with Crippen molar-refractivity contribution in [1.82, 2.24) is 4.90 Å². The van der Waals surface area contributed by atoms with Gasteiger partial charge in [-0.1, -0.05) is 55.3 Å². The van der Waals surface area contributed by atoms with E-state index >= 15 is 0 Å². The summed E-state index contributed by atoms with van der Waals surface area (Å²) in [7, 11) is 0. The summed E-state index contributed by atoms with van der Waals surface area (Å²) in [6, 6.07) is 9.92. The van der Waals surface area contributed by atoms with E-state index < -0.39 is 11.6 Å². The summed E-state index contributed by atoms with van der Waals surface area (Å²) in [6.07, 6.45) is 9.26. The predicted octanol–water partition coefficient (Wildman–Crippen LogP) is 3.56. The molecule has 1 aromatic rings. The van der Waals surface area contributed by atoms with Gasteiger partial charge in [0.2, 0.25) is 5.91 Å². The topological polar surface area (TPSA) is 77.8 Å². The number of aliphatic hydroxyl groups is 1. The summed E-state index contributed by atoms with van der Waals surface area (Å²) >= 11 is 0. The molecule has 2 N–H and O–H groups in total. The Morgan fingerprint density at radius 1 is 1.22 bits per heavy atom. The molecule has 0 aliphatic carbocycles. The number of likely N-dealkylation sites (tertiary alicyclic amines) is 1. The van der Waals surface area contributed by atoms with Crippen molar-refractivity contribution in [2.45, 2.75) is 69.9 Å². The highest BCUT2D eigenvalue weighted by atomic mass is 16.4. The third kappa shape index (κ3) is 7.55. The second-order valence-corrected chi connectivity index (χ2v) is 7.63. The SMILES string of the molecule is CC(O)(C=C[C@H]1CCC(=O)N1CCCCCCC(=O)O)Cc1ccccc1. The Balaban J connectivity index is 1.81. The van der Waals surface area contributed by atoms with Crippen LogP contribution in [-0.4, -0.2) is 45.2 Å². The van der Waals surface area contributed by atoms with Crippen molar-refractivity contribution < 1.29 is 19.8 Å². The van der Waals surface area contributed by atoms with E-state index in [1.807, 2.05) is 47.4 Å². The fourth-order valence-electron chi connectivity index (χ4n) is 3.54. The lowest BCUT2D eigenvalue weighted by Gasteiger charge is -2.24. The fourth-order valence-corrected chi connectivity index (χ4v) is 3.54. The highest BCUT2D eigenvalue weighted by molar-refractivity contribution is 5.79. The Morgan fingerprint density at radius 3 is 2.63 bits per heavy atom. The number of nitrogens with zero attached hydrogens (tertiary/aromatic N) is 1. The Labute approximate surface area is 161 Å². The van der Waals surface area contributed by atoms with Gasteiger partial charge >= 0.3 is 5.97 Å². The largest absolute Gasteiger partial charge is 0.481 e. The smallest absolute Gasteiger partial charge is 0.303 e. The number of carboxylic acids is 1.